The summed E-state index contributed by atoms with van der Waals surface area (Å²) < 4.78 is 19.8. The number of anilines is 1. The zero-order valence-electron chi connectivity index (χ0n) is 25.8. The Morgan fingerprint density at radius 2 is 1.51 bits per heavy atom. The topological polar surface area (TPSA) is 48.0 Å². The minimum absolute atomic E-state index is 0.0390. The van der Waals surface area contributed by atoms with Gasteiger partial charge in [-0.2, -0.15) is 0 Å². The molecule has 0 aliphatic rings. The van der Waals surface area contributed by atoms with E-state index in [0.717, 1.165) is 32.1 Å². The third kappa shape index (κ3) is 6.16. The van der Waals surface area contributed by atoms with Crippen molar-refractivity contribution >= 4 is 40.5 Å². The van der Waals surface area contributed by atoms with Crippen LogP contribution >= 0.6 is 11.3 Å². The van der Waals surface area contributed by atoms with Gasteiger partial charge in [-0.05, 0) is 58.6 Å². The van der Waals surface area contributed by atoms with Crippen molar-refractivity contribution in [1.29, 1.82) is 0 Å². The molecule has 7 heteroatoms. The zero-order chi connectivity index (χ0) is 29.9. The van der Waals surface area contributed by atoms with Gasteiger partial charge in [-0.25, -0.2) is 0 Å². The maximum Gasteiger partial charge on any atom is 0.258 e. The molecule has 1 heterocycles. The Morgan fingerprint density at radius 1 is 0.854 bits per heavy atom. The molecule has 0 bridgehead atoms. The van der Waals surface area contributed by atoms with Gasteiger partial charge in [0.05, 0.1) is 12.7 Å². The highest BCUT2D eigenvalue weighted by Gasteiger charge is 2.47. The summed E-state index contributed by atoms with van der Waals surface area (Å²) in [6, 6.07) is 21.7. The molecular formula is C34H43NO4SSi. The molecule has 0 spiro atoms. The van der Waals surface area contributed by atoms with Crippen LogP contribution < -0.4 is 18.8 Å². The van der Waals surface area contributed by atoms with Gasteiger partial charge in [-0.3, -0.25) is 4.79 Å². The van der Waals surface area contributed by atoms with E-state index in [1.807, 2.05) is 85.7 Å². The lowest BCUT2D eigenvalue weighted by atomic mass is 10.0. The Hall–Kier alpha value is -3.29. The predicted octanol–water partition coefficient (Wildman–Crippen LogP) is 9.34. The molecular weight excluding hydrogens is 547 g/mol. The summed E-state index contributed by atoms with van der Waals surface area (Å²) in [5.74, 6) is 2.05. The van der Waals surface area contributed by atoms with Gasteiger partial charge in [0, 0.05) is 29.7 Å². The Balaban J connectivity index is 1.69. The Kier molecular flexibility index (Phi) is 9.50. The van der Waals surface area contributed by atoms with Crippen LogP contribution in [-0.2, 0) is 6.61 Å². The second-order valence-corrected chi connectivity index (χ2v) is 18.1. The number of carbonyl (C=O) groups is 1. The number of fused-ring (bicyclic) bond motifs is 1. The standard InChI is InChI=1S/C34H43NO4SSi/c1-22(2)41(23(3)4,24(5)6)39-29-18-15-26(19-30(29)37-9)33(36)32-28-17-16-27(20-31(28)40-34(32)35(7)8)38-21-25-13-11-10-12-14-25/h10-20,22-24H,21H2,1-9H3. The van der Waals surface area contributed by atoms with Crippen molar-refractivity contribution in [3.63, 3.8) is 0 Å². The van der Waals surface area contributed by atoms with Crippen LogP contribution in [0.4, 0.5) is 5.00 Å². The van der Waals surface area contributed by atoms with Gasteiger partial charge in [0.2, 0.25) is 0 Å². The maximum atomic E-state index is 14.1. The minimum atomic E-state index is -2.19. The van der Waals surface area contributed by atoms with Crippen LogP contribution in [0, 0.1) is 0 Å². The van der Waals surface area contributed by atoms with Crippen LogP contribution in [0.1, 0.15) is 63.0 Å². The molecule has 0 saturated heterocycles. The molecule has 0 N–H and O–H groups in total. The number of ketones is 1. The van der Waals surface area contributed by atoms with Gasteiger partial charge in [-0.1, -0.05) is 71.9 Å². The van der Waals surface area contributed by atoms with Gasteiger partial charge < -0.3 is 18.8 Å². The molecule has 0 aliphatic carbocycles. The van der Waals surface area contributed by atoms with Crippen LogP contribution in [0.3, 0.4) is 0 Å². The lowest BCUT2D eigenvalue weighted by molar-refractivity contribution is 0.104. The highest BCUT2D eigenvalue weighted by molar-refractivity contribution is 7.23. The molecule has 4 aromatic rings. The van der Waals surface area contributed by atoms with Crippen LogP contribution in [0.2, 0.25) is 16.6 Å². The first-order valence-electron chi connectivity index (χ1n) is 14.3. The molecule has 0 aliphatic heterocycles. The van der Waals surface area contributed by atoms with Crippen LogP contribution in [0.15, 0.2) is 66.7 Å². The van der Waals surface area contributed by atoms with E-state index in [9.17, 15) is 4.79 Å². The van der Waals surface area contributed by atoms with Gasteiger partial charge in [0.15, 0.2) is 11.5 Å². The maximum absolute atomic E-state index is 14.1. The fourth-order valence-electron chi connectivity index (χ4n) is 6.01. The molecule has 0 saturated carbocycles. The molecule has 0 atom stereocenters. The van der Waals surface area contributed by atoms with Crippen LogP contribution in [-0.4, -0.2) is 35.3 Å². The smallest absolute Gasteiger partial charge is 0.258 e. The summed E-state index contributed by atoms with van der Waals surface area (Å²) in [5.41, 5.74) is 3.66. The van der Waals surface area contributed by atoms with E-state index in [2.05, 4.69) is 41.5 Å². The molecule has 0 radical (unpaired) electrons. The fourth-order valence-corrected chi connectivity index (χ4v) is 12.4. The van der Waals surface area contributed by atoms with E-state index in [0.29, 0.717) is 40.1 Å². The van der Waals surface area contributed by atoms with E-state index < -0.39 is 8.32 Å². The lowest BCUT2D eigenvalue weighted by Crippen LogP contribution is -2.50. The van der Waals surface area contributed by atoms with Crippen molar-refractivity contribution in [2.45, 2.75) is 64.8 Å². The van der Waals surface area contributed by atoms with Crippen molar-refractivity contribution in [3.8, 4) is 17.2 Å². The third-order valence-electron chi connectivity index (χ3n) is 7.94. The molecule has 0 unspecified atom stereocenters. The van der Waals surface area contributed by atoms with E-state index in [-0.39, 0.29) is 5.78 Å². The quantitative estimate of drug-likeness (QED) is 0.122. The average molecular weight is 590 g/mol. The van der Waals surface area contributed by atoms with Crippen molar-refractivity contribution in [2.24, 2.45) is 0 Å². The number of hydrogen-bond acceptors (Lipinski definition) is 6. The van der Waals surface area contributed by atoms with E-state index in [1.165, 1.54) is 0 Å². The van der Waals surface area contributed by atoms with Gasteiger partial charge in [0.1, 0.15) is 23.1 Å². The molecule has 0 fully saturated rings. The summed E-state index contributed by atoms with van der Waals surface area (Å²) in [6.07, 6.45) is 0. The molecule has 41 heavy (non-hydrogen) atoms. The van der Waals surface area contributed by atoms with Gasteiger partial charge >= 0.3 is 0 Å². The number of rotatable bonds is 12. The summed E-state index contributed by atoms with van der Waals surface area (Å²) in [4.78, 5) is 16.1. The second-order valence-electron chi connectivity index (χ2n) is 11.7. The number of carbonyl (C=O) groups excluding carboxylic acids is 1. The monoisotopic (exact) mass is 589 g/mol. The number of nitrogens with zero attached hydrogens (tertiary/aromatic N) is 1. The first-order valence-corrected chi connectivity index (χ1v) is 17.3. The Morgan fingerprint density at radius 3 is 2.10 bits per heavy atom. The summed E-state index contributed by atoms with van der Waals surface area (Å²) in [7, 11) is 3.40. The minimum Gasteiger partial charge on any atom is -0.540 e. The highest BCUT2D eigenvalue weighted by atomic mass is 32.1. The summed E-state index contributed by atoms with van der Waals surface area (Å²) in [6.45, 7) is 14.1. The predicted molar refractivity (Wildman–Crippen MR) is 175 cm³/mol. The number of benzene rings is 3. The summed E-state index contributed by atoms with van der Waals surface area (Å²) >= 11 is 1.60. The fraction of sp³-hybridized carbons (Fsp3) is 0.382. The third-order valence-corrected chi connectivity index (χ3v) is 15.3. The van der Waals surface area contributed by atoms with Crippen molar-refractivity contribution in [1.82, 2.24) is 0 Å². The van der Waals surface area contributed by atoms with Crippen LogP contribution in [0.25, 0.3) is 10.1 Å². The van der Waals surface area contributed by atoms with Crippen LogP contribution in [0.5, 0.6) is 17.2 Å². The van der Waals surface area contributed by atoms with Gasteiger partial charge in [0.25, 0.3) is 8.32 Å². The molecule has 218 valence electrons. The largest absolute Gasteiger partial charge is 0.540 e. The molecule has 5 nitrogen and oxygen atoms in total. The van der Waals surface area contributed by atoms with Crippen molar-refractivity contribution in [3.05, 3.63) is 83.4 Å². The first-order chi connectivity index (χ1) is 19.5. The highest BCUT2D eigenvalue weighted by Crippen LogP contribution is 2.45. The second kappa shape index (κ2) is 12.7. The first kappa shape index (κ1) is 30.7. The summed E-state index contributed by atoms with van der Waals surface area (Å²) in [5, 5.41) is 1.83. The molecule has 3 aromatic carbocycles. The Labute approximate surface area is 250 Å². The van der Waals surface area contributed by atoms with E-state index >= 15 is 0 Å². The lowest BCUT2D eigenvalue weighted by Gasteiger charge is -2.42. The van der Waals surface area contributed by atoms with E-state index in [1.54, 1.807) is 18.4 Å². The number of hydrogen-bond donors (Lipinski definition) is 0. The Bertz CT molecular complexity index is 1470. The SMILES string of the molecule is COc1cc(C(=O)c2c(N(C)C)sc3cc(OCc4ccccc4)ccc23)ccc1O[Si](C(C)C)(C(C)C)C(C)C. The number of ether oxygens (including phenoxy) is 2. The van der Waals surface area contributed by atoms with E-state index in [4.69, 9.17) is 13.9 Å². The van der Waals surface area contributed by atoms with Gasteiger partial charge in [-0.15, -0.1) is 11.3 Å². The molecule has 0 amide bonds. The molecule has 1 aromatic heterocycles. The van der Waals surface area contributed by atoms with Crippen molar-refractivity contribution < 1.29 is 18.7 Å². The number of methoxy groups -OCH3 is 1. The normalized spacial score (nSPS) is 11.9. The zero-order valence-corrected chi connectivity index (χ0v) is 27.6. The number of thiophene rings is 1. The average Bonchev–Trinajstić information content (AvgIpc) is 3.33. The van der Waals surface area contributed by atoms with Crippen molar-refractivity contribution in [2.75, 3.05) is 26.1 Å². The molecule has 4 rings (SSSR count).